The van der Waals surface area contributed by atoms with Crippen molar-refractivity contribution in [2.24, 2.45) is 0 Å². The molecule has 158 valence electrons. The van der Waals surface area contributed by atoms with Crippen molar-refractivity contribution in [2.45, 2.75) is 13.0 Å². The van der Waals surface area contributed by atoms with E-state index in [1.807, 2.05) is 30.3 Å². The van der Waals surface area contributed by atoms with Gasteiger partial charge in [0.05, 0.1) is 5.57 Å². The molecule has 1 N–H and O–H groups in total. The summed E-state index contributed by atoms with van der Waals surface area (Å²) in [5, 5.41) is 13.5. The van der Waals surface area contributed by atoms with Crippen LogP contribution in [-0.2, 0) is 9.59 Å². The number of halogens is 1. The SMILES string of the molecule is Cc1ccc(C2/C(=C(/O)c3cccc4ccccc34)C(=O)C(=O)N2c2cccc(Cl)c2)o1. The molecule has 5 rings (SSSR count). The van der Waals surface area contributed by atoms with Gasteiger partial charge in [-0.15, -0.1) is 0 Å². The molecule has 0 spiro atoms. The maximum absolute atomic E-state index is 13.2. The standard InChI is InChI=1S/C26H18ClNO4/c1-15-12-13-21(32-15)23-22(24(29)20-11-4-7-16-6-2-3-10-19(16)20)25(30)26(31)28(23)18-9-5-8-17(27)14-18/h2-14,23,29H,1H3/b24-22-. The highest BCUT2D eigenvalue weighted by molar-refractivity contribution is 6.52. The molecule has 1 aliphatic rings. The number of nitrogens with zero attached hydrogens (tertiary/aromatic N) is 1. The van der Waals surface area contributed by atoms with Gasteiger partial charge in [-0.25, -0.2) is 0 Å². The number of anilines is 1. The Balaban J connectivity index is 1.78. The van der Waals surface area contributed by atoms with Crippen molar-refractivity contribution in [3.05, 3.63) is 107 Å². The van der Waals surface area contributed by atoms with Crippen molar-refractivity contribution < 1.29 is 19.1 Å². The molecule has 0 aliphatic carbocycles. The summed E-state index contributed by atoms with van der Waals surface area (Å²) in [4.78, 5) is 27.7. The number of carbonyl (C=O) groups excluding carboxylic acids is 2. The van der Waals surface area contributed by atoms with E-state index in [4.69, 9.17) is 16.0 Å². The summed E-state index contributed by atoms with van der Waals surface area (Å²) in [5.74, 6) is -0.781. The molecule has 1 aliphatic heterocycles. The minimum atomic E-state index is -0.930. The average Bonchev–Trinajstić information content (AvgIpc) is 3.33. The number of benzene rings is 3. The topological polar surface area (TPSA) is 70.8 Å². The van der Waals surface area contributed by atoms with E-state index in [0.717, 1.165) is 10.8 Å². The zero-order chi connectivity index (χ0) is 22.4. The lowest BCUT2D eigenvalue weighted by Crippen LogP contribution is -2.29. The van der Waals surface area contributed by atoms with Gasteiger partial charge in [0.25, 0.3) is 11.7 Å². The van der Waals surface area contributed by atoms with Crippen LogP contribution in [0.3, 0.4) is 0 Å². The Labute approximate surface area is 189 Å². The van der Waals surface area contributed by atoms with Crippen molar-refractivity contribution in [1.82, 2.24) is 0 Å². The highest BCUT2D eigenvalue weighted by Crippen LogP contribution is 2.43. The monoisotopic (exact) mass is 443 g/mol. The first-order chi connectivity index (χ1) is 15.5. The lowest BCUT2D eigenvalue weighted by atomic mass is 9.96. The van der Waals surface area contributed by atoms with Crippen molar-refractivity contribution in [3.63, 3.8) is 0 Å². The third-order valence-corrected chi connectivity index (χ3v) is 5.84. The number of aliphatic hydroxyl groups excluding tert-OH is 1. The van der Waals surface area contributed by atoms with E-state index in [1.165, 1.54) is 4.90 Å². The lowest BCUT2D eigenvalue weighted by Gasteiger charge is -2.23. The Morgan fingerprint density at radius 2 is 1.72 bits per heavy atom. The first-order valence-electron chi connectivity index (χ1n) is 10.1. The molecular weight excluding hydrogens is 426 g/mol. The van der Waals surface area contributed by atoms with Crippen molar-refractivity contribution in [3.8, 4) is 0 Å². The number of amides is 1. The summed E-state index contributed by atoms with van der Waals surface area (Å²) in [6, 6.07) is 22.2. The van der Waals surface area contributed by atoms with E-state index in [0.29, 0.717) is 27.8 Å². The molecule has 32 heavy (non-hydrogen) atoms. The molecule has 1 saturated heterocycles. The highest BCUT2D eigenvalue weighted by atomic mass is 35.5. The smallest absolute Gasteiger partial charge is 0.300 e. The number of carbonyl (C=O) groups is 2. The van der Waals surface area contributed by atoms with E-state index in [2.05, 4.69) is 0 Å². The number of aliphatic hydroxyl groups is 1. The molecule has 1 fully saturated rings. The molecule has 1 unspecified atom stereocenters. The Kier molecular flexibility index (Phi) is 4.83. The van der Waals surface area contributed by atoms with Crippen LogP contribution in [0.5, 0.6) is 0 Å². The molecule has 1 amide bonds. The van der Waals surface area contributed by atoms with Crippen LogP contribution < -0.4 is 4.90 Å². The van der Waals surface area contributed by atoms with E-state index in [-0.39, 0.29) is 11.3 Å². The predicted octanol–water partition coefficient (Wildman–Crippen LogP) is 6.02. The summed E-state index contributed by atoms with van der Waals surface area (Å²) in [7, 11) is 0. The highest BCUT2D eigenvalue weighted by Gasteiger charge is 2.48. The van der Waals surface area contributed by atoms with Gasteiger partial charge in [0.15, 0.2) is 0 Å². The molecule has 2 heterocycles. The van der Waals surface area contributed by atoms with Gasteiger partial charge in [0, 0.05) is 16.3 Å². The number of aryl methyl sites for hydroxylation is 1. The van der Waals surface area contributed by atoms with Gasteiger partial charge < -0.3 is 9.52 Å². The van der Waals surface area contributed by atoms with Crippen LogP contribution in [-0.4, -0.2) is 16.8 Å². The zero-order valence-electron chi connectivity index (χ0n) is 17.1. The summed E-state index contributed by atoms with van der Waals surface area (Å²) in [6.45, 7) is 1.78. The van der Waals surface area contributed by atoms with Gasteiger partial charge in [-0.3, -0.25) is 14.5 Å². The number of hydrogen-bond acceptors (Lipinski definition) is 4. The molecule has 1 atom stereocenters. The van der Waals surface area contributed by atoms with Crippen LogP contribution in [0.25, 0.3) is 16.5 Å². The second-order valence-electron chi connectivity index (χ2n) is 7.62. The molecule has 3 aromatic carbocycles. The molecule has 6 heteroatoms. The first-order valence-corrected chi connectivity index (χ1v) is 10.4. The van der Waals surface area contributed by atoms with Gasteiger partial charge in [-0.2, -0.15) is 0 Å². The first kappa shape index (κ1) is 20.1. The number of hydrogen-bond donors (Lipinski definition) is 1. The fraction of sp³-hybridized carbons (Fsp3) is 0.0769. The van der Waals surface area contributed by atoms with E-state index in [1.54, 1.807) is 55.5 Å². The van der Waals surface area contributed by atoms with Crippen LogP contribution in [0, 0.1) is 6.92 Å². The number of rotatable bonds is 3. The zero-order valence-corrected chi connectivity index (χ0v) is 17.8. The minimum absolute atomic E-state index is 0.0271. The maximum atomic E-state index is 13.2. The largest absolute Gasteiger partial charge is 0.507 e. The van der Waals surface area contributed by atoms with Gasteiger partial charge in [-0.1, -0.05) is 60.1 Å². The number of Topliss-reactive ketones (excluding diaryl/α,β-unsaturated/α-hetero) is 1. The maximum Gasteiger partial charge on any atom is 0.300 e. The van der Waals surface area contributed by atoms with E-state index >= 15 is 0 Å². The van der Waals surface area contributed by atoms with Gasteiger partial charge in [0.1, 0.15) is 23.3 Å². The Morgan fingerprint density at radius 1 is 0.969 bits per heavy atom. The third-order valence-electron chi connectivity index (χ3n) is 5.61. The fourth-order valence-corrected chi connectivity index (χ4v) is 4.36. The molecule has 0 radical (unpaired) electrons. The Hall–Kier alpha value is -3.83. The third kappa shape index (κ3) is 3.18. The van der Waals surface area contributed by atoms with Crippen LogP contribution in [0.2, 0.25) is 5.02 Å². The molecular formula is C26H18ClNO4. The van der Waals surface area contributed by atoms with Crippen molar-refractivity contribution in [1.29, 1.82) is 0 Å². The normalized spacial score (nSPS) is 17.9. The molecule has 0 saturated carbocycles. The van der Waals surface area contributed by atoms with Gasteiger partial charge >= 0.3 is 0 Å². The Morgan fingerprint density at radius 3 is 2.47 bits per heavy atom. The number of ketones is 1. The number of fused-ring (bicyclic) bond motifs is 1. The average molecular weight is 444 g/mol. The van der Waals surface area contributed by atoms with Crippen LogP contribution >= 0.6 is 11.6 Å². The van der Waals surface area contributed by atoms with Crippen LogP contribution in [0.15, 0.2) is 88.9 Å². The summed E-state index contributed by atoms with van der Waals surface area (Å²) >= 11 is 6.16. The summed E-state index contributed by atoms with van der Waals surface area (Å²) in [6.07, 6.45) is 0. The predicted molar refractivity (Wildman–Crippen MR) is 124 cm³/mol. The Bertz CT molecular complexity index is 1410. The van der Waals surface area contributed by atoms with Gasteiger partial charge in [0.2, 0.25) is 0 Å². The van der Waals surface area contributed by atoms with Crippen molar-refractivity contribution in [2.75, 3.05) is 4.90 Å². The van der Waals surface area contributed by atoms with Crippen molar-refractivity contribution >= 4 is 45.5 Å². The lowest BCUT2D eigenvalue weighted by molar-refractivity contribution is -0.132. The van der Waals surface area contributed by atoms with Crippen LogP contribution in [0.4, 0.5) is 5.69 Å². The van der Waals surface area contributed by atoms with E-state index < -0.39 is 17.7 Å². The molecule has 0 bridgehead atoms. The van der Waals surface area contributed by atoms with E-state index in [9.17, 15) is 14.7 Å². The quantitative estimate of drug-likeness (QED) is 0.239. The second kappa shape index (κ2) is 7.70. The molecule has 5 nitrogen and oxygen atoms in total. The summed E-state index contributed by atoms with van der Waals surface area (Å²) in [5.41, 5.74) is 0.886. The fourth-order valence-electron chi connectivity index (χ4n) is 4.17. The minimum Gasteiger partial charge on any atom is -0.507 e. The van der Waals surface area contributed by atoms with Crippen LogP contribution in [0.1, 0.15) is 23.1 Å². The second-order valence-corrected chi connectivity index (χ2v) is 8.06. The molecule has 4 aromatic rings. The van der Waals surface area contributed by atoms with Gasteiger partial charge in [-0.05, 0) is 48.0 Å². The number of furan rings is 1. The summed E-state index contributed by atoms with van der Waals surface area (Å²) < 4.78 is 5.83. The molecule has 1 aromatic heterocycles.